The van der Waals surface area contributed by atoms with E-state index in [1.54, 1.807) is 35.2 Å². The zero-order valence-electron chi connectivity index (χ0n) is 17.0. The van der Waals surface area contributed by atoms with Crippen LogP contribution >= 0.6 is 12.4 Å². The maximum absolute atomic E-state index is 14.4. The van der Waals surface area contributed by atoms with Gasteiger partial charge < -0.3 is 9.80 Å². The Bertz CT molecular complexity index is 817. The first-order chi connectivity index (χ1) is 13.5. The van der Waals surface area contributed by atoms with Crippen molar-refractivity contribution in [2.45, 2.75) is 39.2 Å². The van der Waals surface area contributed by atoms with Gasteiger partial charge in [-0.05, 0) is 48.6 Å². The quantitative estimate of drug-likeness (QED) is 0.647. The molecule has 0 spiro atoms. The Balaban J connectivity index is 0.00000300. The molecule has 0 saturated carbocycles. The molecule has 6 heteroatoms. The lowest BCUT2D eigenvalue weighted by Crippen LogP contribution is -2.52. The summed E-state index contributed by atoms with van der Waals surface area (Å²) in [6.07, 6.45) is 1.94. The van der Waals surface area contributed by atoms with Crippen molar-refractivity contribution in [1.29, 1.82) is 0 Å². The lowest BCUT2D eigenvalue weighted by molar-refractivity contribution is -0.119. The van der Waals surface area contributed by atoms with E-state index in [0.29, 0.717) is 12.1 Å². The summed E-state index contributed by atoms with van der Waals surface area (Å²) in [5, 5.41) is 0. The number of halogens is 3. The molecule has 1 aliphatic rings. The Morgan fingerprint density at radius 2 is 1.93 bits per heavy atom. The smallest absolute Gasteiger partial charge is 0.227 e. The molecule has 0 aromatic heterocycles. The minimum atomic E-state index is -0.356. The van der Waals surface area contributed by atoms with Crippen molar-refractivity contribution in [2.75, 3.05) is 24.5 Å². The molecule has 3 nitrogen and oxygen atoms in total. The van der Waals surface area contributed by atoms with Gasteiger partial charge in [0.25, 0.3) is 0 Å². The van der Waals surface area contributed by atoms with E-state index < -0.39 is 0 Å². The van der Waals surface area contributed by atoms with Crippen LogP contribution in [0.4, 0.5) is 14.5 Å². The summed E-state index contributed by atoms with van der Waals surface area (Å²) in [6.45, 7) is 6.46. The molecule has 2 atom stereocenters. The van der Waals surface area contributed by atoms with Crippen molar-refractivity contribution in [3.63, 3.8) is 0 Å². The Hall–Kier alpha value is -1.98. The van der Waals surface area contributed by atoms with Gasteiger partial charge in [-0.3, -0.25) is 4.79 Å². The van der Waals surface area contributed by atoms with Crippen molar-refractivity contribution in [3.8, 4) is 0 Å². The van der Waals surface area contributed by atoms with E-state index in [2.05, 4.69) is 11.8 Å². The summed E-state index contributed by atoms with van der Waals surface area (Å²) < 4.78 is 27.8. The second-order valence-electron chi connectivity index (χ2n) is 7.58. The fraction of sp³-hybridized carbons (Fsp3) is 0.435. The lowest BCUT2D eigenvalue weighted by atomic mass is 9.91. The van der Waals surface area contributed by atoms with E-state index >= 15 is 0 Å². The zero-order chi connectivity index (χ0) is 20.1. The molecular weight excluding hydrogens is 394 g/mol. The third-order valence-corrected chi connectivity index (χ3v) is 5.56. The normalized spacial score (nSPS) is 19.4. The number of likely N-dealkylation sites (tertiary alicyclic amines) is 1. The Kier molecular flexibility index (Phi) is 8.60. The van der Waals surface area contributed by atoms with Crippen LogP contribution in [0.15, 0.2) is 48.5 Å². The van der Waals surface area contributed by atoms with Crippen LogP contribution in [0.25, 0.3) is 0 Å². The molecule has 3 rings (SSSR count). The van der Waals surface area contributed by atoms with Crippen molar-refractivity contribution in [3.05, 3.63) is 65.7 Å². The first-order valence-corrected chi connectivity index (χ1v) is 10.0. The van der Waals surface area contributed by atoms with Gasteiger partial charge in [-0.15, -0.1) is 12.4 Å². The van der Waals surface area contributed by atoms with E-state index in [1.165, 1.54) is 12.1 Å². The Morgan fingerprint density at radius 1 is 1.17 bits per heavy atom. The van der Waals surface area contributed by atoms with Crippen LogP contribution in [0.1, 0.15) is 32.3 Å². The number of rotatable bonds is 6. The van der Waals surface area contributed by atoms with E-state index in [-0.39, 0.29) is 41.9 Å². The number of para-hydroxylation sites is 1. The summed E-state index contributed by atoms with van der Waals surface area (Å²) in [5.74, 6) is -0.389. The Labute approximate surface area is 178 Å². The predicted molar refractivity (Wildman–Crippen MR) is 116 cm³/mol. The van der Waals surface area contributed by atoms with Gasteiger partial charge in [-0.1, -0.05) is 38.1 Å². The van der Waals surface area contributed by atoms with Crippen molar-refractivity contribution >= 4 is 24.0 Å². The highest BCUT2D eigenvalue weighted by atomic mass is 35.5. The molecule has 2 aromatic rings. The minimum Gasteiger partial charge on any atom is -0.306 e. The molecule has 0 N–H and O–H groups in total. The average Bonchev–Trinajstić information content (AvgIpc) is 2.69. The topological polar surface area (TPSA) is 23.6 Å². The second-order valence-corrected chi connectivity index (χ2v) is 7.58. The van der Waals surface area contributed by atoms with E-state index in [0.717, 1.165) is 38.0 Å². The summed E-state index contributed by atoms with van der Waals surface area (Å²) in [7, 11) is 0. The summed E-state index contributed by atoms with van der Waals surface area (Å²) in [4.78, 5) is 16.7. The number of carbonyl (C=O) groups excluding carboxylic acids is 1. The van der Waals surface area contributed by atoms with Crippen molar-refractivity contribution < 1.29 is 13.6 Å². The molecule has 1 saturated heterocycles. The van der Waals surface area contributed by atoms with Gasteiger partial charge in [0.1, 0.15) is 11.6 Å². The third-order valence-electron chi connectivity index (χ3n) is 5.56. The predicted octanol–water partition coefficient (Wildman–Crippen LogP) is 5.08. The number of anilines is 1. The monoisotopic (exact) mass is 422 g/mol. The number of hydrogen-bond acceptors (Lipinski definition) is 2. The first-order valence-electron chi connectivity index (χ1n) is 10.0. The molecule has 0 aliphatic carbocycles. The fourth-order valence-electron chi connectivity index (χ4n) is 4.10. The van der Waals surface area contributed by atoms with Gasteiger partial charge in [0, 0.05) is 32.1 Å². The van der Waals surface area contributed by atoms with E-state index in [9.17, 15) is 13.6 Å². The van der Waals surface area contributed by atoms with Gasteiger partial charge in [-0.2, -0.15) is 0 Å². The fourth-order valence-corrected chi connectivity index (χ4v) is 4.10. The van der Waals surface area contributed by atoms with Crippen LogP contribution in [0.3, 0.4) is 0 Å². The highest BCUT2D eigenvalue weighted by Gasteiger charge is 2.34. The minimum absolute atomic E-state index is 0. The third kappa shape index (κ3) is 5.77. The van der Waals surface area contributed by atoms with Gasteiger partial charge in [-0.25, -0.2) is 8.78 Å². The van der Waals surface area contributed by atoms with E-state index in [4.69, 9.17) is 0 Å². The molecule has 1 heterocycles. The summed E-state index contributed by atoms with van der Waals surface area (Å²) in [5.41, 5.74) is 1.36. The standard InChI is InChI=1S/C23H28F2N2O.ClH/c1-3-23(28)27(22-10-5-4-9-20(22)25)21-12-14-26(16-17(21)2)13-11-18-7-6-8-19(24)15-18;/h4-10,15,17,21H,3,11-14,16H2,1-2H3;1H/t17-,21+;/m0./s1. The molecule has 0 radical (unpaired) electrons. The van der Waals surface area contributed by atoms with Crippen LogP contribution in [0.5, 0.6) is 0 Å². The number of amides is 1. The maximum Gasteiger partial charge on any atom is 0.227 e. The van der Waals surface area contributed by atoms with Gasteiger partial charge in [0.2, 0.25) is 5.91 Å². The molecule has 1 fully saturated rings. The van der Waals surface area contributed by atoms with Crippen molar-refractivity contribution in [2.24, 2.45) is 5.92 Å². The number of hydrogen-bond donors (Lipinski definition) is 0. The van der Waals surface area contributed by atoms with Crippen LogP contribution < -0.4 is 4.90 Å². The molecule has 29 heavy (non-hydrogen) atoms. The highest BCUT2D eigenvalue weighted by molar-refractivity contribution is 5.94. The molecule has 0 bridgehead atoms. The molecule has 1 aliphatic heterocycles. The molecular formula is C23H29ClF2N2O. The first kappa shape index (κ1) is 23.3. The summed E-state index contributed by atoms with van der Waals surface area (Å²) >= 11 is 0. The molecule has 1 amide bonds. The van der Waals surface area contributed by atoms with Crippen LogP contribution in [-0.2, 0) is 11.2 Å². The van der Waals surface area contributed by atoms with Crippen molar-refractivity contribution in [1.82, 2.24) is 4.90 Å². The molecule has 2 aromatic carbocycles. The number of benzene rings is 2. The summed E-state index contributed by atoms with van der Waals surface area (Å²) in [6, 6.07) is 13.2. The SMILES string of the molecule is CCC(=O)N(c1ccccc1F)[C@@H]1CCN(CCc2cccc(F)c2)C[C@@H]1C.Cl. The lowest BCUT2D eigenvalue weighted by Gasteiger charge is -2.42. The zero-order valence-corrected chi connectivity index (χ0v) is 17.8. The average molecular weight is 423 g/mol. The largest absolute Gasteiger partial charge is 0.306 e. The number of piperidine rings is 1. The van der Waals surface area contributed by atoms with Crippen LogP contribution in [0.2, 0.25) is 0 Å². The molecule has 0 unspecified atom stereocenters. The van der Waals surface area contributed by atoms with Gasteiger partial charge >= 0.3 is 0 Å². The van der Waals surface area contributed by atoms with Crippen LogP contribution in [0, 0.1) is 17.6 Å². The van der Waals surface area contributed by atoms with Gasteiger partial charge in [0.15, 0.2) is 0 Å². The maximum atomic E-state index is 14.4. The second kappa shape index (κ2) is 10.7. The number of nitrogens with zero attached hydrogens (tertiary/aromatic N) is 2. The van der Waals surface area contributed by atoms with E-state index in [1.807, 2.05) is 13.0 Å². The molecule has 158 valence electrons. The number of carbonyl (C=O) groups is 1. The van der Waals surface area contributed by atoms with Gasteiger partial charge in [0.05, 0.1) is 5.69 Å². The Morgan fingerprint density at radius 3 is 2.59 bits per heavy atom. The highest BCUT2D eigenvalue weighted by Crippen LogP contribution is 2.30. The van der Waals surface area contributed by atoms with Crippen LogP contribution in [-0.4, -0.2) is 36.5 Å².